The number of ether oxygens (including phenoxy) is 3. The summed E-state index contributed by atoms with van der Waals surface area (Å²) in [6, 6.07) is 1.20. The zero-order valence-electron chi connectivity index (χ0n) is 17.1. The van der Waals surface area contributed by atoms with Crippen LogP contribution >= 0.6 is 23.2 Å². The Kier molecular flexibility index (Phi) is 7.33. The Balaban J connectivity index is 3.16. The van der Waals surface area contributed by atoms with Gasteiger partial charge in [0.1, 0.15) is 16.2 Å². The largest absolute Gasteiger partial charge is 0.468 e. The summed E-state index contributed by atoms with van der Waals surface area (Å²) in [5.41, 5.74) is -2.87. The van der Waals surface area contributed by atoms with Crippen LogP contribution in [0.2, 0.25) is 10.3 Å². The number of aromatic nitrogens is 1. The van der Waals surface area contributed by atoms with Gasteiger partial charge >= 0.3 is 17.9 Å². The van der Waals surface area contributed by atoms with Crippen LogP contribution in [-0.4, -0.2) is 67.3 Å². The Morgan fingerprint density at radius 3 is 2.20 bits per heavy atom. The molecule has 0 saturated carbocycles. The molecule has 2 unspecified atom stereocenters. The summed E-state index contributed by atoms with van der Waals surface area (Å²) in [4.78, 5) is 44.2. The summed E-state index contributed by atoms with van der Waals surface area (Å²) in [5.74, 6) is -5.02. The molecule has 0 spiro atoms. The smallest absolute Gasteiger partial charge is 0.343 e. The van der Waals surface area contributed by atoms with Crippen LogP contribution in [0.1, 0.15) is 25.0 Å². The molecule has 164 valence electrons. The maximum atomic E-state index is 12.9. The second-order valence-corrected chi connectivity index (χ2v) is 7.04. The third kappa shape index (κ3) is 3.61. The molecule has 1 aromatic heterocycles. The summed E-state index contributed by atoms with van der Waals surface area (Å²) in [5, 5.41) is 11.3. The van der Waals surface area contributed by atoms with Crippen molar-refractivity contribution in [1.82, 2.24) is 9.88 Å². The zero-order chi connectivity index (χ0) is 22.8. The molecule has 2 atom stereocenters. The van der Waals surface area contributed by atoms with Gasteiger partial charge in [-0.3, -0.25) is 4.79 Å². The number of pyridine rings is 1. The molecule has 0 radical (unpaired) electrons. The van der Waals surface area contributed by atoms with Gasteiger partial charge < -0.3 is 24.2 Å². The molecule has 30 heavy (non-hydrogen) atoms. The second-order valence-electron chi connectivity index (χ2n) is 6.30. The van der Waals surface area contributed by atoms with E-state index in [4.69, 9.17) is 37.4 Å². The van der Waals surface area contributed by atoms with E-state index in [1.165, 1.54) is 6.07 Å². The summed E-state index contributed by atoms with van der Waals surface area (Å²) in [6.45, 7) is 4.43. The van der Waals surface area contributed by atoms with E-state index < -0.39 is 29.4 Å². The van der Waals surface area contributed by atoms with Gasteiger partial charge in [0.05, 0.1) is 32.6 Å². The van der Waals surface area contributed by atoms with Crippen LogP contribution in [-0.2, 0) is 34.2 Å². The summed E-state index contributed by atoms with van der Waals surface area (Å²) in [7, 11) is 3.20. The van der Waals surface area contributed by atoms with Crippen LogP contribution in [0.3, 0.4) is 0 Å². The number of rotatable bonds is 6. The van der Waals surface area contributed by atoms with E-state index in [0.717, 1.165) is 21.3 Å². The van der Waals surface area contributed by atoms with Crippen LogP contribution < -0.4 is 0 Å². The molecule has 0 aliphatic heterocycles. The van der Waals surface area contributed by atoms with Crippen molar-refractivity contribution in [3.63, 3.8) is 0 Å². The quantitative estimate of drug-likeness (QED) is 0.385. The van der Waals surface area contributed by atoms with E-state index in [-0.39, 0.29) is 32.7 Å². The highest BCUT2D eigenvalue weighted by atomic mass is 35.5. The van der Waals surface area contributed by atoms with Crippen molar-refractivity contribution >= 4 is 46.8 Å². The first-order chi connectivity index (χ1) is 14.1. The lowest BCUT2D eigenvalue weighted by molar-refractivity contribution is -0.179. The number of aliphatic hydroxyl groups is 1. The Hall–Kier alpha value is -2.36. The lowest BCUT2D eigenvalue weighted by Crippen LogP contribution is -2.53. The van der Waals surface area contributed by atoms with Gasteiger partial charge in [-0.25, -0.2) is 14.6 Å². The standard InChI is InChI=1S/C19H22Cl2N2O7/c1-6-23(7-2)14-11-9(8-10(20)22-15(11)21)19(27,18(26)30-5)13(17(25)29-4)12(14)16(24)28-3/h8,13,27H,6-7H2,1-5H3. The average molecular weight is 461 g/mol. The van der Waals surface area contributed by atoms with Crippen LogP contribution in [0.15, 0.2) is 11.6 Å². The lowest BCUT2D eigenvalue weighted by Gasteiger charge is -2.41. The monoisotopic (exact) mass is 460 g/mol. The number of hydrogen-bond donors (Lipinski definition) is 1. The van der Waals surface area contributed by atoms with Gasteiger partial charge in [-0.05, 0) is 19.9 Å². The molecule has 1 aliphatic rings. The van der Waals surface area contributed by atoms with Crippen molar-refractivity contribution in [2.24, 2.45) is 5.92 Å². The lowest BCUT2D eigenvalue weighted by atomic mass is 9.69. The fraction of sp³-hybridized carbons (Fsp3) is 0.474. The first-order valence-electron chi connectivity index (χ1n) is 8.96. The molecule has 9 nitrogen and oxygen atoms in total. The summed E-state index contributed by atoms with van der Waals surface area (Å²) >= 11 is 12.4. The maximum absolute atomic E-state index is 12.9. The molecule has 1 aliphatic carbocycles. The normalized spacial score (nSPS) is 20.3. The molecule has 1 heterocycles. The minimum atomic E-state index is -2.67. The van der Waals surface area contributed by atoms with Gasteiger partial charge in [0.25, 0.3) is 0 Å². The Labute approximate surface area is 183 Å². The molecule has 0 fully saturated rings. The van der Waals surface area contributed by atoms with Gasteiger partial charge in [-0.15, -0.1) is 0 Å². The van der Waals surface area contributed by atoms with E-state index in [9.17, 15) is 19.5 Å². The van der Waals surface area contributed by atoms with E-state index in [1.807, 2.05) is 13.8 Å². The zero-order valence-corrected chi connectivity index (χ0v) is 18.6. The predicted octanol–water partition coefficient (Wildman–Crippen LogP) is 1.78. The van der Waals surface area contributed by atoms with E-state index >= 15 is 0 Å². The Morgan fingerprint density at radius 2 is 1.73 bits per heavy atom. The number of nitrogens with zero attached hydrogens (tertiary/aromatic N) is 2. The molecule has 0 aromatic carbocycles. The van der Waals surface area contributed by atoms with Gasteiger partial charge in [0, 0.05) is 24.2 Å². The van der Waals surface area contributed by atoms with Crippen molar-refractivity contribution < 1.29 is 33.7 Å². The number of esters is 3. The molecule has 0 amide bonds. The number of carbonyl (C=O) groups excluding carboxylic acids is 3. The van der Waals surface area contributed by atoms with E-state index in [0.29, 0.717) is 13.1 Å². The number of halogens is 2. The van der Waals surface area contributed by atoms with E-state index in [1.54, 1.807) is 4.90 Å². The SMILES string of the molecule is CCN(CC)C1=C(C(=O)OC)C(C(=O)OC)C(O)(C(=O)OC)c2cc(Cl)nc(Cl)c21. The predicted molar refractivity (Wildman–Crippen MR) is 108 cm³/mol. The fourth-order valence-electron chi connectivity index (χ4n) is 3.63. The van der Waals surface area contributed by atoms with Crippen LogP contribution in [0.4, 0.5) is 0 Å². The summed E-state index contributed by atoms with van der Waals surface area (Å²) < 4.78 is 14.5. The number of methoxy groups -OCH3 is 3. The molecule has 1 N–H and O–H groups in total. The number of fused-ring (bicyclic) bond motifs is 1. The van der Waals surface area contributed by atoms with Gasteiger partial charge in [0.15, 0.2) is 0 Å². The minimum absolute atomic E-state index is 0.0678. The molecular formula is C19H22Cl2N2O7. The maximum Gasteiger partial charge on any atom is 0.343 e. The van der Waals surface area contributed by atoms with Crippen molar-refractivity contribution in [2.45, 2.75) is 19.4 Å². The molecule has 1 aromatic rings. The second kappa shape index (κ2) is 9.20. The van der Waals surface area contributed by atoms with Crippen LogP contribution in [0.25, 0.3) is 5.70 Å². The van der Waals surface area contributed by atoms with Crippen LogP contribution in [0, 0.1) is 5.92 Å². The van der Waals surface area contributed by atoms with Crippen molar-refractivity contribution in [1.29, 1.82) is 0 Å². The number of carbonyl (C=O) groups is 3. The third-order valence-corrected chi connectivity index (χ3v) is 5.44. The Bertz CT molecular complexity index is 914. The van der Waals surface area contributed by atoms with Gasteiger partial charge in [0.2, 0.25) is 5.60 Å². The fourth-order valence-corrected chi connectivity index (χ4v) is 4.15. The van der Waals surface area contributed by atoms with Gasteiger partial charge in [-0.1, -0.05) is 23.2 Å². The molecule has 2 rings (SSSR count). The Morgan fingerprint density at radius 1 is 1.13 bits per heavy atom. The van der Waals surface area contributed by atoms with Gasteiger partial charge in [-0.2, -0.15) is 0 Å². The molecular weight excluding hydrogens is 439 g/mol. The molecule has 0 bridgehead atoms. The summed E-state index contributed by atoms with van der Waals surface area (Å²) in [6.07, 6.45) is 0. The number of hydrogen-bond acceptors (Lipinski definition) is 9. The van der Waals surface area contributed by atoms with Crippen molar-refractivity contribution in [3.05, 3.63) is 33.1 Å². The minimum Gasteiger partial charge on any atom is -0.468 e. The van der Waals surface area contributed by atoms with E-state index in [2.05, 4.69) is 4.98 Å². The third-order valence-electron chi connectivity index (χ3n) is 4.97. The average Bonchev–Trinajstić information content (AvgIpc) is 2.73. The highest BCUT2D eigenvalue weighted by Crippen LogP contribution is 2.50. The molecule has 0 saturated heterocycles. The molecule has 11 heteroatoms. The van der Waals surface area contributed by atoms with Crippen LogP contribution in [0.5, 0.6) is 0 Å². The first-order valence-corrected chi connectivity index (χ1v) is 9.72. The first kappa shape index (κ1) is 23.9. The highest BCUT2D eigenvalue weighted by Gasteiger charge is 2.60. The highest BCUT2D eigenvalue weighted by molar-refractivity contribution is 6.34. The topological polar surface area (TPSA) is 115 Å². The van der Waals surface area contributed by atoms with Crippen molar-refractivity contribution in [2.75, 3.05) is 34.4 Å². The van der Waals surface area contributed by atoms with Crippen molar-refractivity contribution in [3.8, 4) is 0 Å².